The van der Waals surface area contributed by atoms with Crippen LogP contribution in [0.2, 0.25) is 0 Å². The second kappa shape index (κ2) is 7.22. The number of nitriles is 1. The number of hydrogen-bond donors (Lipinski definition) is 1. The lowest BCUT2D eigenvalue weighted by Crippen LogP contribution is -2.35. The Kier molecular flexibility index (Phi) is 5.00. The Bertz CT molecular complexity index is 900. The molecule has 1 aromatic heterocycles. The Hall–Kier alpha value is -2.79. The molecule has 2 heterocycles. The molecular formula is C18H18N4O3S. The van der Waals surface area contributed by atoms with Crippen LogP contribution in [0.3, 0.4) is 0 Å². The van der Waals surface area contributed by atoms with Crippen molar-refractivity contribution in [2.45, 2.75) is 32.0 Å². The molecule has 2 aromatic rings. The molecule has 0 radical (unpaired) electrons. The lowest BCUT2D eigenvalue weighted by atomic mass is 10.1. The molecule has 7 nitrogen and oxygen atoms in total. The molecule has 0 unspecified atom stereocenters. The molecule has 8 heteroatoms. The Morgan fingerprint density at radius 1 is 1.35 bits per heavy atom. The zero-order valence-corrected chi connectivity index (χ0v) is 15.6. The summed E-state index contributed by atoms with van der Waals surface area (Å²) >= 11 is 1.38. The number of benzene rings is 1. The molecule has 1 aliphatic heterocycles. The normalized spacial score (nSPS) is 13.1. The summed E-state index contributed by atoms with van der Waals surface area (Å²) in [4.78, 5) is 21.6. The average molecular weight is 370 g/mol. The fourth-order valence-electron chi connectivity index (χ4n) is 2.99. The number of rotatable bonds is 3. The van der Waals surface area contributed by atoms with E-state index in [1.54, 1.807) is 12.1 Å². The lowest BCUT2D eigenvalue weighted by molar-refractivity contribution is 0.138. The number of hydrogen-bond acceptors (Lipinski definition) is 6. The van der Waals surface area contributed by atoms with Crippen molar-refractivity contribution >= 4 is 17.9 Å². The number of fused-ring (bicyclic) bond motifs is 1. The predicted octanol–water partition coefficient (Wildman–Crippen LogP) is 3.52. The van der Waals surface area contributed by atoms with Crippen molar-refractivity contribution in [3.63, 3.8) is 0 Å². The standard InChI is InChI=1S/C18H18N4O3S/c1-10-6-12(8-19)7-11(2)15(10)25-16-13-4-5-22(18(23)24)9-14(13)20-17(21-16)26-3/h6-7H,4-5,9H2,1-3H3,(H,23,24). The minimum absolute atomic E-state index is 0.225. The zero-order valence-electron chi connectivity index (χ0n) is 14.7. The van der Waals surface area contributed by atoms with Crippen molar-refractivity contribution in [1.82, 2.24) is 14.9 Å². The monoisotopic (exact) mass is 370 g/mol. The number of ether oxygens (including phenoxy) is 1. The molecule has 0 saturated heterocycles. The topological polar surface area (TPSA) is 99.3 Å². The van der Waals surface area contributed by atoms with Gasteiger partial charge in [0.2, 0.25) is 5.88 Å². The van der Waals surface area contributed by atoms with Crippen LogP contribution in [0.4, 0.5) is 4.79 Å². The summed E-state index contributed by atoms with van der Waals surface area (Å²) in [6.07, 6.45) is 1.41. The lowest BCUT2D eigenvalue weighted by Gasteiger charge is -2.27. The summed E-state index contributed by atoms with van der Waals surface area (Å²) in [7, 11) is 0. The second-order valence-electron chi connectivity index (χ2n) is 6.05. The molecule has 1 amide bonds. The fourth-order valence-corrected chi connectivity index (χ4v) is 3.36. The highest BCUT2D eigenvalue weighted by atomic mass is 32.2. The number of aromatic nitrogens is 2. The van der Waals surface area contributed by atoms with Crippen LogP contribution >= 0.6 is 11.8 Å². The second-order valence-corrected chi connectivity index (χ2v) is 6.82. The molecule has 26 heavy (non-hydrogen) atoms. The quantitative estimate of drug-likeness (QED) is 0.652. The molecule has 1 N–H and O–H groups in total. The van der Waals surface area contributed by atoms with Gasteiger partial charge in [0.1, 0.15) is 5.75 Å². The Morgan fingerprint density at radius 3 is 2.62 bits per heavy atom. The van der Waals surface area contributed by atoms with E-state index in [-0.39, 0.29) is 6.54 Å². The van der Waals surface area contributed by atoms with E-state index in [4.69, 9.17) is 10.00 Å². The van der Waals surface area contributed by atoms with Crippen molar-refractivity contribution in [2.75, 3.05) is 12.8 Å². The van der Waals surface area contributed by atoms with Crippen LogP contribution in [0.25, 0.3) is 0 Å². The van der Waals surface area contributed by atoms with Crippen molar-refractivity contribution in [2.24, 2.45) is 0 Å². The molecule has 0 spiro atoms. The van der Waals surface area contributed by atoms with Gasteiger partial charge >= 0.3 is 6.09 Å². The SMILES string of the molecule is CSc1nc2c(c(Oc3c(C)cc(C#N)cc3C)n1)CCN(C(=O)O)C2. The molecule has 0 saturated carbocycles. The molecule has 134 valence electrons. The largest absolute Gasteiger partial charge is 0.465 e. The maximum Gasteiger partial charge on any atom is 0.407 e. The van der Waals surface area contributed by atoms with Crippen LogP contribution in [0, 0.1) is 25.2 Å². The molecule has 1 aromatic carbocycles. The molecule has 1 aliphatic rings. The van der Waals surface area contributed by atoms with Crippen molar-refractivity contribution in [3.8, 4) is 17.7 Å². The summed E-state index contributed by atoms with van der Waals surface area (Å²) in [5, 5.41) is 18.9. The number of amides is 1. The van der Waals surface area contributed by atoms with E-state index in [0.29, 0.717) is 41.0 Å². The predicted molar refractivity (Wildman–Crippen MR) is 96.7 cm³/mol. The minimum atomic E-state index is -0.957. The van der Waals surface area contributed by atoms with Gasteiger partial charge in [-0.15, -0.1) is 0 Å². The van der Waals surface area contributed by atoms with Crippen LogP contribution in [-0.4, -0.2) is 38.9 Å². The molecular weight excluding hydrogens is 352 g/mol. The Morgan fingerprint density at radius 2 is 2.04 bits per heavy atom. The van der Waals surface area contributed by atoms with E-state index in [1.165, 1.54) is 16.7 Å². The van der Waals surface area contributed by atoms with Gasteiger partial charge in [-0.05, 0) is 49.8 Å². The first-order valence-corrected chi connectivity index (χ1v) is 9.26. The van der Waals surface area contributed by atoms with Crippen molar-refractivity contribution in [1.29, 1.82) is 5.26 Å². The first-order chi connectivity index (χ1) is 12.4. The third-order valence-corrected chi connectivity index (χ3v) is 4.80. The highest BCUT2D eigenvalue weighted by Gasteiger charge is 2.26. The minimum Gasteiger partial charge on any atom is -0.465 e. The zero-order chi connectivity index (χ0) is 18.8. The first-order valence-electron chi connectivity index (χ1n) is 8.03. The number of carboxylic acid groups (broad SMARTS) is 1. The van der Waals surface area contributed by atoms with Gasteiger partial charge in [-0.3, -0.25) is 0 Å². The highest BCUT2D eigenvalue weighted by Crippen LogP contribution is 2.34. The maximum atomic E-state index is 11.3. The summed E-state index contributed by atoms with van der Waals surface area (Å²) in [6, 6.07) is 5.69. The van der Waals surface area contributed by atoms with Crippen LogP contribution in [-0.2, 0) is 13.0 Å². The molecule has 0 atom stereocenters. The summed E-state index contributed by atoms with van der Waals surface area (Å²) in [6.45, 7) is 4.38. The molecule has 3 rings (SSSR count). The number of thioether (sulfide) groups is 1. The summed E-state index contributed by atoms with van der Waals surface area (Å²) < 4.78 is 6.14. The number of nitrogens with zero attached hydrogens (tertiary/aromatic N) is 4. The van der Waals surface area contributed by atoms with E-state index < -0.39 is 6.09 Å². The van der Waals surface area contributed by atoms with E-state index >= 15 is 0 Å². The van der Waals surface area contributed by atoms with E-state index in [0.717, 1.165) is 16.7 Å². The maximum absolute atomic E-state index is 11.3. The van der Waals surface area contributed by atoms with Gasteiger partial charge in [0.15, 0.2) is 5.16 Å². The van der Waals surface area contributed by atoms with E-state index in [9.17, 15) is 9.90 Å². The van der Waals surface area contributed by atoms with E-state index in [1.807, 2.05) is 20.1 Å². The summed E-state index contributed by atoms with van der Waals surface area (Å²) in [5.41, 5.74) is 3.80. The van der Waals surface area contributed by atoms with Gasteiger partial charge in [-0.25, -0.2) is 9.78 Å². The highest BCUT2D eigenvalue weighted by molar-refractivity contribution is 7.98. The average Bonchev–Trinajstić information content (AvgIpc) is 2.63. The first kappa shape index (κ1) is 18.0. The number of aryl methyl sites for hydroxylation is 2. The van der Waals surface area contributed by atoms with Gasteiger partial charge in [-0.2, -0.15) is 10.2 Å². The van der Waals surface area contributed by atoms with Crippen molar-refractivity contribution < 1.29 is 14.6 Å². The third-order valence-electron chi connectivity index (χ3n) is 4.25. The molecule has 0 fully saturated rings. The van der Waals surface area contributed by atoms with Crippen LogP contribution < -0.4 is 4.74 Å². The van der Waals surface area contributed by atoms with Crippen LogP contribution in [0.5, 0.6) is 11.6 Å². The van der Waals surface area contributed by atoms with E-state index in [2.05, 4.69) is 16.0 Å². The summed E-state index contributed by atoms with van der Waals surface area (Å²) in [5.74, 6) is 1.12. The third kappa shape index (κ3) is 3.44. The smallest absolute Gasteiger partial charge is 0.407 e. The van der Waals surface area contributed by atoms with Gasteiger partial charge in [-0.1, -0.05) is 11.8 Å². The van der Waals surface area contributed by atoms with Crippen LogP contribution in [0.15, 0.2) is 17.3 Å². The Balaban J connectivity index is 2.03. The van der Waals surface area contributed by atoms with Crippen LogP contribution in [0.1, 0.15) is 27.9 Å². The van der Waals surface area contributed by atoms with Gasteiger partial charge in [0.05, 0.1) is 23.9 Å². The van der Waals surface area contributed by atoms with Gasteiger partial charge < -0.3 is 14.7 Å². The Labute approximate surface area is 155 Å². The fraction of sp³-hybridized carbons (Fsp3) is 0.333. The molecule has 0 bridgehead atoms. The molecule has 0 aliphatic carbocycles. The van der Waals surface area contributed by atoms with Gasteiger partial charge in [0, 0.05) is 12.1 Å². The van der Waals surface area contributed by atoms with Crippen molar-refractivity contribution in [3.05, 3.63) is 40.1 Å². The van der Waals surface area contributed by atoms with Gasteiger partial charge in [0.25, 0.3) is 0 Å². The number of carbonyl (C=O) groups is 1.